The van der Waals surface area contributed by atoms with E-state index in [4.69, 9.17) is 4.74 Å². The molecule has 0 radical (unpaired) electrons. The van der Waals surface area contributed by atoms with E-state index in [2.05, 4.69) is 24.1 Å². The highest BCUT2D eigenvalue weighted by molar-refractivity contribution is 6.36. The molecule has 0 aliphatic carbocycles. The number of ether oxygens (including phenoxy) is 1. The zero-order chi connectivity index (χ0) is 23.3. The standard InChI is InChI=1S/C26H33N3O3/c1-6-17-29-25(30)23(19-9-15-22(16-10-19)32-18(4)5)24(26(29)31)27-20-11-13-21(14-12-20)28(7-2)8-3/h9-16,18,27H,6-8,17H2,1-5H3. The molecule has 0 unspecified atom stereocenters. The Bertz CT molecular complexity index is 974. The second-order valence-electron chi connectivity index (χ2n) is 8.05. The van der Waals surface area contributed by atoms with E-state index in [1.807, 2.05) is 69.3 Å². The summed E-state index contributed by atoms with van der Waals surface area (Å²) in [6.45, 7) is 12.4. The third kappa shape index (κ3) is 4.96. The van der Waals surface area contributed by atoms with E-state index in [0.29, 0.717) is 29.8 Å². The number of amides is 2. The fourth-order valence-corrected chi connectivity index (χ4v) is 3.85. The fraction of sp³-hybridized carbons (Fsp3) is 0.385. The van der Waals surface area contributed by atoms with E-state index in [1.165, 1.54) is 4.90 Å². The van der Waals surface area contributed by atoms with Crippen LogP contribution in [-0.2, 0) is 9.59 Å². The number of imide groups is 1. The van der Waals surface area contributed by atoms with Crippen molar-refractivity contribution in [3.05, 3.63) is 59.8 Å². The number of hydrogen-bond donors (Lipinski definition) is 1. The smallest absolute Gasteiger partial charge is 0.278 e. The number of rotatable bonds is 10. The molecule has 6 nitrogen and oxygen atoms in total. The summed E-state index contributed by atoms with van der Waals surface area (Å²) in [6.07, 6.45) is 0.768. The number of hydrogen-bond acceptors (Lipinski definition) is 5. The lowest BCUT2D eigenvalue weighted by molar-refractivity contribution is -0.136. The van der Waals surface area contributed by atoms with Crippen LogP contribution >= 0.6 is 0 Å². The van der Waals surface area contributed by atoms with Gasteiger partial charge in [-0.2, -0.15) is 0 Å². The molecular weight excluding hydrogens is 402 g/mol. The van der Waals surface area contributed by atoms with Crippen LogP contribution in [0, 0.1) is 0 Å². The van der Waals surface area contributed by atoms with Crippen molar-refractivity contribution in [3.8, 4) is 5.75 Å². The molecule has 3 rings (SSSR count). The third-order valence-electron chi connectivity index (χ3n) is 5.40. The molecule has 2 aromatic rings. The molecule has 0 saturated heterocycles. The summed E-state index contributed by atoms with van der Waals surface area (Å²) < 4.78 is 5.71. The van der Waals surface area contributed by atoms with Gasteiger partial charge in [-0.1, -0.05) is 19.1 Å². The van der Waals surface area contributed by atoms with Gasteiger partial charge >= 0.3 is 0 Å². The van der Waals surface area contributed by atoms with Crippen molar-refractivity contribution < 1.29 is 14.3 Å². The minimum atomic E-state index is -0.290. The minimum absolute atomic E-state index is 0.0614. The highest BCUT2D eigenvalue weighted by Crippen LogP contribution is 2.32. The summed E-state index contributed by atoms with van der Waals surface area (Å²) >= 11 is 0. The second kappa shape index (κ2) is 10.4. The van der Waals surface area contributed by atoms with E-state index in [9.17, 15) is 9.59 Å². The van der Waals surface area contributed by atoms with Gasteiger partial charge in [0.2, 0.25) is 0 Å². The van der Waals surface area contributed by atoms with Crippen molar-refractivity contribution in [1.82, 2.24) is 4.90 Å². The summed E-state index contributed by atoms with van der Waals surface area (Å²) in [4.78, 5) is 29.9. The Kier molecular flexibility index (Phi) is 7.57. The molecular formula is C26H33N3O3. The first-order valence-corrected chi connectivity index (χ1v) is 11.4. The lowest BCUT2D eigenvalue weighted by Gasteiger charge is -2.21. The molecule has 1 aliphatic rings. The predicted molar refractivity (Wildman–Crippen MR) is 130 cm³/mol. The highest BCUT2D eigenvalue weighted by Gasteiger charge is 2.38. The quantitative estimate of drug-likeness (QED) is 0.537. The maximum atomic E-state index is 13.2. The first-order valence-electron chi connectivity index (χ1n) is 11.4. The molecule has 0 fully saturated rings. The van der Waals surface area contributed by atoms with E-state index in [0.717, 1.165) is 30.2 Å². The van der Waals surface area contributed by atoms with Gasteiger partial charge in [0.15, 0.2) is 0 Å². The van der Waals surface area contributed by atoms with Gasteiger partial charge in [-0.05, 0) is 76.1 Å². The van der Waals surface area contributed by atoms with E-state index < -0.39 is 0 Å². The Morgan fingerprint density at radius 3 is 2.06 bits per heavy atom. The first-order chi connectivity index (χ1) is 15.4. The number of anilines is 2. The van der Waals surface area contributed by atoms with Gasteiger partial charge in [-0.15, -0.1) is 0 Å². The van der Waals surface area contributed by atoms with Crippen LogP contribution in [0.3, 0.4) is 0 Å². The van der Waals surface area contributed by atoms with Crippen molar-refractivity contribution in [3.63, 3.8) is 0 Å². The molecule has 2 amide bonds. The predicted octanol–water partition coefficient (Wildman–Crippen LogP) is 4.92. The molecule has 0 bridgehead atoms. The molecule has 6 heteroatoms. The Hall–Kier alpha value is -3.28. The average Bonchev–Trinajstić information content (AvgIpc) is 3.00. The average molecular weight is 436 g/mol. The molecule has 170 valence electrons. The van der Waals surface area contributed by atoms with Crippen molar-refractivity contribution >= 4 is 28.8 Å². The zero-order valence-corrected chi connectivity index (χ0v) is 19.6. The van der Waals surface area contributed by atoms with Crippen molar-refractivity contribution in [2.45, 2.75) is 47.1 Å². The molecule has 0 aromatic heterocycles. The summed E-state index contributed by atoms with van der Waals surface area (Å²) in [7, 11) is 0. The third-order valence-corrected chi connectivity index (χ3v) is 5.40. The van der Waals surface area contributed by atoms with E-state index >= 15 is 0 Å². The van der Waals surface area contributed by atoms with Crippen LogP contribution < -0.4 is 15.0 Å². The number of carbonyl (C=O) groups excluding carboxylic acids is 2. The SMILES string of the molecule is CCCN1C(=O)C(Nc2ccc(N(CC)CC)cc2)=C(c2ccc(OC(C)C)cc2)C1=O. The Morgan fingerprint density at radius 2 is 1.53 bits per heavy atom. The van der Waals surface area contributed by atoms with Crippen LogP contribution in [-0.4, -0.2) is 42.5 Å². The second-order valence-corrected chi connectivity index (χ2v) is 8.05. The molecule has 2 aromatic carbocycles. The molecule has 1 N–H and O–H groups in total. The molecule has 1 aliphatic heterocycles. The number of nitrogens with zero attached hydrogens (tertiary/aromatic N) is 2. The Balaban J connectivity index is 1.95. The van der Waals surface area contributed by atoms with Crippen LogP contribution in [0.4, 0.5) is 11.4 Å². The Labute approximate surface area is 190 Å². The molecule has 1 heterocycles. The monoisotopic (exact) mass is 435 g/mol. The van der Waals surface area contributed by atoms with Gasteiger partial charge in [0.05, 0.1) is 11.7 Å². The Morgan fingerprint density at radius 1 is 0.906 bits per heavy atom. The molecule has 0 spiro atoms. The summed E-state index contributed by atoms with van der Waals surface area (Å²) in [6, 6.07) is 15.3. The maximum Gasteiger partial charge on any atom is 0.278 e. The number of benzene rings is 2. The maximum absolute atomic E-state index is 13.2. The van der Waals surface area contributed by atoms with Crippen LogP contribution in [0.15, 0.2) is 54.2 Å². The van der Waals surface area contributed by atoms with Gasteiger partial charge in [-0.25, -0.2) is 0 Å². The molecule has 0 atom stereocenters. The first kappa shape index (κ1) is 23.4. The van der Waals surface area contributed by atoms with Crippen LogP contribution in [0.25, 0.3) is 5.57 Å². The van der Waals surface area contributed by atoms with Crippen molar-refractivity contribution in [2.75, 3.05) is 29.9 Å². The summed E-state index contributed by atoms with van der Waals surface area (Å²) in [5.74, 6) is 0.173. The summed E-state index contributed by atoms with van der Waals surface area (Å²) in [5, 5.41) is 3.22. The lowest BCUT2D eigenvalue weighted by Crippen LogP contribution is -2.33. The molecule has 32 heavy (non-hydrogen) atoms. The van der Waals surface area contributed by atoms with Crippen LogP contribution in [0.5, 0.6) is 5.75 Å². The number of carbonyl (C=O) groups is 2. The van der Waals surface area contributed by atoms with Crippen molar-refractivity contribution in [1.29, 1.82) is 0 Å². The van der Waals surface area contributed by atoms with Gasteiger partial charge in [-0.3, -0.25) is 14.5 Å². The zero-order valence-electron chi connectivity index (χ0n) is 19.6. The van der Waals surface area contributed by atoms with Crippen molar-refractivity contribution in [2.24, 2.45) is 0 Å². The van der Waals surface area contributed by atoms with Gasteiger partial charge < -0.3 is 15.0 Å². The minimum Gasteiger partial charge on any atom is -0.491 e. The van der Waals surface area contributed by atoms with E-state index in [1.54, 1.807) is 0 Å². The van der Waals surface area contributed by atoms with Gasteiger partial charge in [0.1, 0.15) is 11.4 Å². The lowest BCUT2D eigenvalue weighted by atomic mass is 10.0. The van der Waals surface area contributed by atoms with Crippen LogP contribution in [0.1, 0.15) is 46.6 Å². The normalized spacial score (nSPS) is 13.9. The molecule has 0 saturated carbocycles. The number of nitrogens with one attached hydrogen (secondary N) is 1. The highest BCUT2D eigenvalue weighted by atomic mass is 16.5. The van der Waals surface area contributed by atoms with E-state index in [-0.39, 0.29) is 17.9 Å². The van der Waals surface area contributed by atoms with Crippen LogP contribution in [0.2, 0.25) is 0 Å². The largest absolute Gasteiger partial charge is 0.491 e. The van der Waals surface area contributed by atoms with Gasteiger partial charge in [0.25, 0.3) is 11.8 Å². The summed E-state index contributed by atoms with van der Waals surface area (Å²) in [5.41, 5.74) is 3.30. The topological polar surface area (TPSA) is 61.9 Å². The van der Waals surface area contributed by atoms with Gasteiger partial charge in [0, 0.05) is 31.0 Å². The fourth-order valence-electron chi connectivity index (χ4n) is 3.85.